The molecule has 148 valence electrons. The van der Waals surface area contributed by atoms with Gasteiger partial charge < -0.3 is 15.0 Å². The minimum Gasteiger partial charge on any atom is -0.378 e. The number of benzene rings is 1. The topological polar surface area (TPSA) is 62.6 Å². The van der Waals surface area contributed by atoms with E-state index in [1.165, 1.54) is 16.8 Å². The monoisotopic (exact) mass is 405 g/mol. The number of nitrogens with zero attached hydrogens (tertiary/aromatic N) is 4. The van der Waals surface area contributed by atoms with Crippen LogP contribution in [0.1, 0.15) is 16.8 Å². The molecule has 2 aliphatic rings. The zero-order valence-corrected chi connectivity index (χ0v) is 17.2. The van der Waals surface area contributed by atoms with Crippen LogP contribution in [0.2, 0.25) is 0 Å². The van der Waals surface area contributed by atoms with E-state index in [0.717, 1.165) is 60.6 Å². The number of anilines is 3. The van der Waals surface area contributed by atoms with Crippen molar-refractivity contribution in [3.63, 3.8) is 0 Å². The molecule has 0 saturated carbocycles. The van der Waals surface area contributed by atoms with Gasteiger partial charge in [-0.3, -0.25) is 4.99 Å². The van der Waals surface area contributed by atoms with Crippen LogP contribution in [0.5, 0.6) is 0 Å². The van der Waals surface area contributed by atoms with E-state index >= 15 is 0 Å². The first-order valence-corrected chi connectivity index (χ1v) is 10.8. The molecule has 0 unspecified atom stereocenters. The van der Waals surface area contributed by atoms with Gasteiger partial charge in [0.05, 0.1) is 19.8 Å². The fourth-order valence-corrected chi connectivity index (χ4v) is 4.46. The zero-order chi connectivity index (χ0) is 19.6. The Morgan fingerprint density at radius 1 is 1.10 bits per heavy atom. The first-order chi connectivity index (χ1) is 14.3. The van der Waals surface area contributed by atoms with E-state index in [1.54, 1.807) is 11.3 Å². The van der Waals surface area contributed by atoms with Crippen molar-refractivity contribution in [2.75, 3.05) is 36.5 Å². The molecule has 0 amide bonds. The Balaban J connectivity index is 1.44. The number of rotatable bonds is 4. The third-order valence-electron chi connectivity index (χ3n) is 5.25. The summed E-state index contributed by atoms with van der Waals surface area (Å²) in [5.74, 6) is 0.876. The molecule has 1 aromatic carbocycles. The van der Waals surface area contributed by atoms with Crippen LogP contribution in [0.25, 0.3) is 10.7 Å². The highest BCUT2D eigenvalue weighted by Gasteiger charge is 2.17. The van der Waals surface area contributed by atoms with Crippen LogP contribution in [0.3, 0.4) is 0 Å². The summed E-state index contributed by atoms with van der Waals surface area (Å²) < 4.78 is 5.45. The zero-order valence-electron chi connectivity index (χ0n) is 16.4. The standard InChI is InChI=1S/C22H23N5OS/c1-15-14-29-22(24-15)20-12-16-6-7-23-13-19(16)21(26-20)25-17-2-4-18(5-3-17)27-8-10-28-11-9-27/h2-5,7,12,14H,6,8-11,13H2,1H3,(H,25,26). The molecule has 4 heterocycles. The predicted octanol–water partition coefficient (Wildman–Crippen LogP) is 4.22. The van der Waals surface area contributed by atoms with Gasteiger partial charge >= 0.3 is 0 Å². The average molecular weight is 406 g/mol. The van der Waals surface area contributed by atoms with Crippen molar-refractivity contribution in [2.45, 2.75) is 19.9 Å². The van der Waals surface area contributed by atoms with Crippen molar-refractivity contribution >= 4 is 34.7 Å². The van der Waals surface area contributed by atoms with Gasteiger partial charge in [-0.25, -0.2) is 9.97 Å². The van der Waals surface area contributed by atoms with Crippen molar-refractivity contribution in [3.8, 4) is 10.7 Å². The molecule has 29 heavy (non-hydrogen) atoms. The Hall–Kier alpha value is -2.77. The fourth-order valence-electron chi connectivity index (χ4n) is 3.70. The molecule has 1 N–H and O–H groups in total. The Morgan fingerprint density at radius 2 is 1.93 bits per heavy atom. The first-order valence-electron chi connectivity index (χ1n) is 9.89. The van der Waals surface area contributed by atoms with Crippen LogP contribution in [-0.4, -0.2) is 42.5 Å². The summed E-state index contributed by atoms with van der Waals surface area (Å²) in [4.78, 5) is 16.4. The highest BCUT2D eigenvalue weighted by atomic mass is 32.1. The summed E-state index contributed by atoms with van der Waals surface area (Å²) in [5, 5.41) is 6.55. The quantitative estimate of drug-likeness (QED) is 0.704. The van der Waals surface area contributed by atoms with Crippen molar-refractivity contribution < 1.29 is 4.74 Å². The molecule has 2 aliphatic heterocycles. The first kappa shape index (κ1) is 18.3. The molecule has 0 aliphatic carbocycles. The molecule has 0 spiro atoms. The highest BCUT2D eigenvalue weighted by Crippen LogP contribution is 2.31. The van der Waals surface area contributed by atoms with E-state index in [2.05, 4.69) is 55.9 Å². The number of hydrogen-bond acceptors (Lipinski definition) is 7. The number of aliphatic imine (C=N–C) groups is 1. The second-order valence-corrected chi connectivity index (χ2v) is 8.14. The number of aryl methyl sites for hydroxylation is 1. The number of nitrogens with one attached hydrogen (secondary N) is 1. The van der Waals surface area contributed by atoms with E-state index < -0.39 is 0 Å². The Bertz CT molecular complexity index is 1040. The van der Waals surface area contributed by atoms with Gasteiger partial charge in [-0.05, 0) is 42.8 Å². The van der Waals surface area contributed by atoms with Crippen LogP contribution in [-0.2, 0) is 17.7 Å². The number of pyridine rings is 1. The lowest BCUT2D eigenvalue weighted by Gasteiger charge is -2.29. The highest BCUT2D eigenvalue weighted by molar-refractivity contribution is 7.13. The number of aromatic nitrogens is 2. The lowest BCUT2D eigenvalue weighted by atomic mass is 10.0. The van der Waals surface area contributed by atoms with Gasteiger partial charge in [0, 0.05) is 53.7 Å². The van der Waals surface area contributed by atoms with E-state index in [4.69, 9.17) is 9.72 Å². The summed E-state index contributed by atoms with van der Waals surface area (Å²) in [5.41, 5.74) is 6.64. The third-order valence-corrected chi connectivity index (χ3v) is 6.23. The summed E-state index contributed by atoms with van der Waals surface area (Å²) in [6.07, 6.45) is 2.82. The molecule has 0 bridgehead atoms. The lowest BCUT2D eigenvalue weighted by molar-refractivity contribution is 0.122. The van der Waals surface area contributed by atoms with Crippen molar-refractivity contribution in [2.24, 2.45) is 4.99 Å². The van der Waals surface area contributed by atoms with E-state index in [-0.39, 0.29) is 0 Å². The summed E-state index contributed by atoms with van der Waals surface area (Å²) in [6, 6.07) is 10.7. The molecular formula is C22H23N5OS. The number of morpholine rings is 1. The van der Waals surface area contributed by atoms with Gasteiger partial charge in [-0.2, -0.15) is 0 Å². The van der Waals surface area contributed by atoms with Crippen molar-refractivity contribution in [3.05, 3.63) is 52.5 Å². The molecule has 7 heteroatoms. The van der Waals surface area contributed by atoms with Gasteiger partial charge in [-0.15, -0.1) is 11.3 Å². The van der Waals surface area contributed by atoms with Crippen molar-refractivity contribution in [1.29, 1.82) is 0 Å². The minimum atomic E-state index is 0.660. The smallest absolute Gasteiger partial charge is 0.142 e. The van der Waals surface area contributed by atoms with Gasteiger partial charge in [0.15, 0.2) is 0 Å². The van der Waals surface area contributed by atoms with E-state index in [0.29, 0.717) is 6.54 Å². The maximum absolute atomic E-state index is 5.45. The maximum atomic E-state index is 5.45. The molecule has 1 saturated heterocycles. The largest absolute Gasteiger partial charge is 0.378 e. The molecule has 2 aromatic heterocycles. The number of hydrogen-bond donors (Lipinski definition) is 1. The van der Waals surface area contributed by atoms with Gasteiger partial charge in [0.2, 0.25) is 0 Å². The Labute approximate surface area is 174 Å². The lowest BCUT2D eigenvalue weighted by Crippen LogP contribution is -2.36. The summed E-state index contributed by atoms with van der Waals surface area (Å²) >= 11 is 1.64. The maximum Gasteiger partial charge on any atom is 0.142 e. The number of fused-ring (bicyclic) bond motifs is 1. The molecule has 6 nitrogen and oxygen atoms in total. The van der Waals surface area contributed by atoms with Crippen molar-refractivity contribution in [1.82, 2.24) is 9.97 Å². The van der Waals surface area contributed by atoms with Crippen LogP contribution >= 0.6 is 11.3 Å². The molecule has 5 rings (SSSR count). The molecule has 0 atom stereocenters. The fraction of sp³-hybridized carbons (Fsp3) is 0.318. The second kappa shape index (κ2) is 7.93. The van der Waals surface area contributed by atoms with Crippen LogP contribution in [0.4, 0.5) is 17.2 Å². The normalized spacial score (nSPS) is 16.0. The Kier molecular flexibility index (Phi) is 4.99. The van der Waals surface area contributed by atoms with Crippen LogP contribution in [0.15, 0.2) is 40.7 Å². The summed E-state index contributed by atoms with van der Waals surface area (Å²) in [6.45, 7) is 6.14. The Morgan fingerprint density at radius 3 is 2.69 bits per heavy atom. The minimum absolute atomic E-state index is 0.660. The SMILES string of the molecule is Cc1csc(-c2cc3c(c(Nc4ccc(N5CCOCC5)cc4)n2)CN=CC3)n1. The molecular weight excluding hydrogens is 382 g/mol. The predicted molar refractivity (Wildman–Crippen MR) is 119 cm³/mol. The van der Waals surface area contributed by atoms with Gasteiger partial charge in [-0.1, -0.05) is 0 Å². The van der Waals surface area contributed by atoms with Gasteiger partial charge in [0.25, 0.3) is 0 Å². The van der Waals surface area contributed by atoms with E-state index in [1.807, 2.05) is 13.1 Å². The average Bonchev–Trinajstić information content (AvgIpc) is 3.21. The summed E-state index contributed by atoms with van der Waals surface area (Å²) in [7, 11) is 0. The number of thiazole rings is 1. The number of ether oxygens (including phenoxy) is 1. The van der Waals surface area contributed by atoms with E-state index in [9.17, 15) is 0 Å². The molecule has 3 aromatic rings. The van der Waals surface area contributed by atoms with Gasteiger partial charge in [0.1, 0.15) is 16.5 Å². The third kappa shape index (κ3) is 3.88. The van der Waals surface area contributed by atoms with Crippen LogP contribution in [0, 0.1) is 6.92 Å². The molecule has 0 radical (unpaired) electrons. The molecule has 1 fully saturated rings. The second-order valence-electron chi connectivity index (χ2n) is 7.29. The van der Waals surface area contributed by atoms with Crippen LogP contribution < -0.4 is 10.2 Å².